The summed E-state index contributed by atoms with van der Waals surface area (Å²) in [6.07, 6.45) is 2.46. The molecule has 3 aliphatic rings. The van der Waals surface area contributed by atoms with E-state index in [1.54, 1.807) is 6.07 Å². The van der Waals surface area contributed by atoms with Crippen LogP contribution < -0.4 is 0 Å². The van der Waals surface area contributed by atoms with Crippen LogP contribution in [0.15, 0.2) is 34.5 Å². The molecule has 0 spiro atoms. The molecule has 1 fully saturated rings. The molecule has 4 rings (SSSR count). The van der Waals surface area contributed by atoms with Crippen LogP contribution >= 0.6 is 23.2 Å². The number of fused-ring (bicyclic) bond motifs is 1. The smallest absolute Gasteiger partial charge is 0.161 e. The summed E-state index contributed by atoms with van der Waals surface area (Å²) in [7, 11) is 0. The van der Waals surface area contributed by atoms with Crippen molar-refractivity contribution in [1.82, 2.24) is 0 Å². The Hall–Kier alpha value is -1.45. The summed E-state index contributed by atoms with van der Waals surface area (Å²) >= 11 is 12.6. The third kappa shape index (κ3) is 3.48. The molecule has 28 heavy (non-hydrogen) atoms. The molecule has 148 valence electrons. The second-order valence-electron chi connectivity index (χ2n) is 10.0. The molecule has 5 heteroatoms. The van der Waals surface area contributed by atoms with Crippen LogP contribution in [0.3, 0.4) is 0 Å². The van der Waals surface area contributed by atoms with Crippen molar-refractivity contribution < 1.29 is 9.59 Å². The molecule has 1 aromatic rings. The van der Waals surface area contributed by atoms with Crippen LogP contribution in [0.25, 0.3) is 0 Å². The maximum absolute atomic E-state index is 13.2. The van der Waals surface area contributed by atoms with Gasteiger partial charge in [-0.15, -0.1) is 0 Å². The number of allylic oxidation sites excluding steroid dienone is 2. The fourth-order valence-electron chi connectivity index (χ4n) is 5.13. The van der Waals surface area contributed by atoms with Gasteiger partial charge in [-0.1, -0.05) is 50.9 Å². The molecule has 2 atom stereocenters. The molecular formula is C23H25Cl2NO2. The van der Waals surface area contributed by atoms with Crippen LogP contribution in [0.1, 0.15) is 64.9 Å². The zero-order valence-electron chi connectivity index (χ0n) is 16.7. The number of carbonyl (C=O) groups is 2. The van der Waals surface area contributed by atoms with Gasteiger partial charge >= 0.3 is 0 Å². The average Bonchev–Trinajstić information content (AvgIpc) is 2.49. The zero-order chi connectivity index (χ0) is 20.4. The fourth-order valence-corrected chi connectivity index (χ4v) is 5.67. The van der Waals surface area contributed by atoms with Crippen LogP contribution in [0, 0.1) is 16.7 Å². The molecular weight excluding hydrogens is 393 g/mol. The maximum Gasteiger partial charge on any atom is 0.161 e. The minimum atomic E-state index is -0.397. The number of Topliss-reactive ketones (excluding diaryl/α,β-unsaturated/α-hetero) is 2. The Balaban J connectivity index is 1.94. The number of nitrogens with zero attached hydrogens (tertiary/aromatic N) is 1. The molecule has 1 heterocycles. The van der Waals surface area contributed by atoms with E-state index in [0.717, 1.165) is 29.8 Å². The van der Waals surface area contributed by atoms with Crippen LogP contribution in [0.2, 0.25) is 10.0 Å². The van der Waals surface area contributed by atoms with Crippen molar-refractivity contribution >= 4 is 40.5 Å². The van der Waals surface area contributed by atoms with E-state index < -0.39 is 5.92 Å². The number of ketones is 2. The summed E-state index contributed by atoms with van der Waals surface area (Å²) in [6.45, 7) is 8.41. The summed E-state index contributed by atoms with van der Waals surface area (Å²) in [5.41, 5.74) is 3.04. The summed E-state index contributed by atoms with van der Waals surface area (Å²) in [5.74, 6) is -0.495. The normalized spacial score (nSPS) is 28.6. The molecule has 2 aliphatic carbocycles. The third-order valence-corrected chi connectivity index (χ3v) is 6.52. The quantitative estimate of drug-likeness (QED) is 0.547. The monoisotopic (exact) mass is 417 g/mol. The first-order chi connectivity index (χ1) is 13.0. The van der Waals surface area contributed by atoms with Gasteiger partial charge in [-0.05, 0) is 47.4 Å². The Bertz CT molecular complexity index is 935. The predicted molar refractivity (Wildman–Crippen MR) is 113 cm³/mol. The number of hydrogen-bond acceptors (Lipinski definition) is 3. The third-order valence-electron chi connectivity index (χ3n) is 6.08. The van der Waals surface area contributed by atoms with E-state index in [0.29, 0.717) is 28.5 Å². The van der Waals surface area contributed by atoms with Crippen molar-refractivity contribution in [2.45, 2.75) is 59.3 Å². The van der Waals surface area contributed by atoms with E-state index >= 15 is 0 Å². The van der Waals surface area contributed by atoms with Crippen molar-refractivity contribution in [1.29, 1.82) is 0 Å². The summed E-state index contributed by atoms with van der Waals surface area (Å²) in [4.78, 5) is 31.4. The number of halogens is 2. The summed E-state index contributed by atoms with van der Waals surface area (Å²) < 4.78 is 0. The van der Waals surface area contributed by atoms with Crippen molar-refractivity contribution in [2.75, 3.05) is 0 Å². The van der Waals surface area contributed by atoms with Crippen molar-refractivity contribution in [2.24, 2.45) is 21.7 Å². The number of carbonyl (C=O) groups excluding carboxylic acids is 2. The lowest BCUT2D eigenvalue weighted by molar-refractivity contribution is -0.124. The number of aliphatic imine (C=N–C) groups is 1. The van der Waals surface area contributed by atoms with Crippen LogP contribution in [0.5, 0.6) is 0 Å². The molecule has 2 unspecified atom stereocenters. The van der Waals surface area contributed by atoms with E-state index in [2.05, 4.69) is 27.7 Å². The van der Waals surface area contributed by atoms with Gasteiger partial charge in [-0.25, -0.2) is 0 Å². The highest BCUT2D eigenvalue weighted by Crippen LogP contribution is 2.51. The van der Waals surface area contributed by atoms with Gasteiger partial charge in [0.05, 0.1) is 5.92 Å². The van der Waals surface area contributed by atoms with Gasteiger partial charge in [0.2, 0.25) is 0 Å². The number of rotatable bonds is 1. The fraction of sp³-hybridized carbons (Fsp3) is 0.522. The summed E-state index contributed by atoms with van der Waals surface area (Å²) in [6, 6.07) is 5.36. The second kappa shape index (κ2) is 6.53. The lowest BCUT2D eigenvalue weighted by Crippen LogP contribution is -2.45. The molecule has 1 saturated carbocycles. The van der Waals surface area contributed by atoms with Gasteiger partial charge in [0.1, 0.15) is 5.78 Å². The van der Waals surface area contributed by atoms with Crippen LogP contribution in [0.4, 0.5) is 0 Å². The average molecular weight is 418 g/mol. The lowest BCUT2D eigenvalue weighted by atomic mass is 9.60. The van der Waals surface area contributed by atoms with Gasteiger partial charge in [0, 0.05) is 45.8 Å². The van der Waals surface area contributed by atoms with E-state index in [4.69, 9.17) is 28.2 Å². The van der Waals surface area contributed by atoms with Crippen molar-refractivity contribution in [3.63, 3.8) is 0 Å². The Kier molecular flexibility index (Phi) is 4.63. The first-order valence-electron chi connectivity index (χ1n) is 9.78. The van der Waals surface area contributed by atoms with Gasteiger partial charge in [-0.3, -0.25) is 14.6 Å². The minimum absolute atomic E-state index is 0.0905. The SMILES string of the molecule is CC1(C)CC(=O)C2C(=NC3=C(C(=O)CC(C)(C)C3)C2c2cc(Cl)cc(Cl)c2)C1. The molecule has 0 saturated heterocycles. The zero-order valence-corrected chi connectivity index (χ0v) is 18.2. The predicted octanol–water partition coefficient (Wildman–Crippen LogP) is 6.18. The standard InChI is InChI=1S/C23H25Cl2NO2/c1-22(2)8-15-20(17(27)10-22)19(12-5-13(24)7-14(25)6-12)21-16(26-15)9-23(3,4)11-18(21)28/h5-7,19-20H,8-11H2,1-4H3. The first kappa shape index (κ1) is 19.8. The van der Waals surface area contributed by atoms with Crippen LogP contribution in [-0.4, -0.2) is 17.3 Å². The molecule has 0 aromatic heterocycles. The Morgan fingerprint density at radius 2 is 1.46 bits per heavy atom. The Morgan fingerprint density at radius 1 is 0.857 bits per heavy atom. The largest absolute Gasteiger partial charge is 0.299 e. The first-order valence-corrected chi connectivity index (χ1v) is 10.5. The van der Waals surface area contributed by atoms with E-state index in [9.17, 15) is 9.59 Å². The Morgan fingerprint density at radius 3 is 2.11 bits per heavy atom. The molecule has 0 N–H and O–H groups in total. The van der Waals surface area contributed by atoms with E-state index in [-0.39, 0.29) is 28.3 Å². The number of hydrogen-bond donors (Lipinski definition) is 0. The second-order valence-corrected chi connectivity index (χ2v) is 10.9. The van der Waals surface area contributed by atoms with Crippen molar-refractivity contribution in [3.05, 3.63) is 45.1 Å². The summed E-state index contributed by atoms with van der Waals surface area (Å²) in [5, 5.41) is 1.03. The van der Waals surface area contributed by atoms with Gasteiger partial charge in [0.15, 0.2) is 5.78 Å². The highest BCUT2D eigenvalue weighted by Gasteiger charge is 2.49. The van der Waals surface area contributed by atoms with Crippen molar-refractivity contribution in [3.8, 4) is 0 Å². The molecule has 0 bridgehead atoms. The highest BCUT2D eigenvalue weighted by atomic mass is 35.5. The topological polar surface area (TPSA) is 46.5 Å². The van der Waals surface area contributed by atoms with E-state index in [1.807, 2.05) is 12.1 Å². The van der Waals surface area contributed by atoms with Gasteiger partial charge < -0.3 is 0 Å². The molecule has 3 nitrogen and oxygen atoms in total. The molecule has 1 aliphatic heterocycles. The highest BCUT2D eigenvalue weighted by molar-refractivity contribution is 6.34. The molecule has 0 amide bonds. The lowest BCUT2D eigenvalue weighted by Gasteiger charge is -2.44. The van der Waals surface area contributed by atoms with Gasteiger partial charge in [0.25, 0.3) is 0 Å². The van der Waals surface area contributed by atoms with Gasteiger partial charge in [-0.2, -0.15) is 0 Å². The minimum Gasteiger partial charge on any atom is -0.299 e. The van der Waals surface area contributed by atoms with Crippen LogP contribution in [-0.2, 0) is 9.59 Å². The molecule has 0 radical (unpaired) electrons. The number of benzene rings is 1. The molecule has 1 aromatic carbocycles. The maximum atomic E-state index is 13.2. The Labute approximate surface area is 176 Å². The van der Waals surface area contributed by atoms with E-state index in [1.165, 1.54) is 0 Å².